The fourth-order valence-electron chi connectivity index (χ4n) is 4.09. The Hall–Kier alpha value is -2.48. The molecule has 1 aliphatic carbocycles. The van der Waals surface area contributed by atoms with Crippen molar-refractivity contribution in [3.05, 3.63) is 61.9 Å². The Morgan fingerprint density at radius 1 is 1.32 bits per heavy atom. The molecule has 4 heterocycles. The Labute approximate surface area is 165 Å². The average Bonchev–Trinajstić information content (AvgIpc) is 3.41. The zero-order chi connectivity index (χ0) is 19.6. The van der Waals surface area contributed by atoms with E-state index in [4.69, 9.17) is 10.5 Å². The van der Waals surface area contributed by atoms with Gasteiger partial charge >= 0.3 is 5.97 Å². The van der Waals surface area contributed by atoms with E-state index >= 15 is 0 Å². The summed E-state index contributed by atoms with van der Waals surface area (Å²) < 4.78 is 7.05. The Bertz CT molecular complexity index is 1190. The fraction of sp³-hybridized carbons (Fsp3) is 0.333. The molecule has 3 aromatic rings. The molecule has 0 spiro atoms. The Morgan fingerprint density at radius 2 is 2.11 bits per heavy atom. The van der Waals surface area contributed by atoms with Crippen molar-refractivity contribution >= 4 is 22.8 Å². The molecule has 1 saturated carbocycles. The maximum Gasteiger partial charge on any atom is 0.341 e. The zero-order valence-electron chi connectivity index (χ0n) is 15.4. The van der Waals surface area contributed by atoms with Gasteiger partial charge in [0.25, 0.3) is 5.56 Å². The highest BCUT2D eigenvalue weighted by atomic mass is 32.1. The Kier molecular flexibility index (Phi) is 3.94. The van der Waals surface area contributed by atoms with Crippen molar-refractivity contribution in [2.24, 2.45) is 5.73 Å². The molecule has 0 radical (unpaired) electrons. The molecule has 0 amide bonds. The Balaban J connectivity index is 1.76. The zero-order valence-corrected chi connectivity index (χ0v) is 16.2. The monoisotopic (exact) mass is 396 g/mol. The van der Waals surface area contributed by atoms with E-state index < -0.39 is 11.5 Å². The van der Waals surface area contributed by atoms with E-state index in [9.17, 15) is 14.7 Å². The van der Waals surface area contributed by atoms with Crippen LogP contribution < -0.4 is 11.3 Å². The first-order chi connectivity index (χ1) is 13.5. The van der Waals surface area contributed by atoms with Crippen LogP contribution in [0.2, 0.25) is 0 Å². The molecule has 1 unspecified atom stereocenters. The molecule has 6 nitrogen and oxygen atoms in total. The number of nitrogens with two attached hydrogens (primary N) is 1. The van der Waals surface area contributed by atoms with Gasteiger partial charge in [0.2, 0.25) is 0 Å². The van der Waals surface area contributed by atoms with E-state index in [0.29, 0.717) is 19.1 Å². The van der Waals surface area contributed by atoms with Crippen LogP contribution >= 0.6 is 11.3 Å². The van der Waals surface area contributed by atoms with Crippen molar-refractivity contribution in [3.63, 3.8) is 0 Å². The highest BCUT2D eigenvalue weighted by molar-refractivity contribution is 7.15. The minimum atomic E-state index is -1.18. The summed E-state index contributed by atoms with van der Waals surface area (Å²) in [6.07, 6.45) is 3.75. The van der Waals surface area contributed by atoms with Gasteiger partial charge in [0.15, 0.2) is 0 Å². The molecule has 0 aromatic carbocycles. The molecule has 5 rings (SSSR count). The lowest BCUT2D eigenvalue weighted by Gasteiger charge is -2.18. The van der Waals surface area contributed by atoms with E-state index in [-0.39, 0.29) is 11.6 Å². The number of fused-ring (bicyclic) bond motifs is 2. The SMILES string of the molecule is Cc1c(-c2cc3c(s2)COCC3N)ccn2c(=O)c(C(=O)O)cc(C3CC3)c12. The number of carboxylic acids is 1. The summed E-state index contributed by atoms with van der Waals surface area (Å²) in [5.74, 6) is -0.857. The van der Waals surface area contributed by atoms with E-state index in [2.05, 4.69) is 6.07 Å². The summed E-state index contributed by atoms with van der Waals surface area (Å²) in [7, 11) is 0. The third-order valence-electron chi connectivity index (χ3n) is 5.70. The normalized spacial score (nSPS) is 19.0. The number of hydrogen-bond acceptors (Lipinski definition) is 5. The van der Waals surface area contributed by atoms with Crippen LogP contribution in [-0.4, -0.2) is 22.1 Å². The van der Waals surface area contributed by atoms with Crippen LogP contribution in [0.5, 0.6) is 0 Å². The molecule has 0 bridgehead atoms. The van der Waals surface area contributed by atoms with Gasteiger partial charge in [-0.25, -0.2) is 4.79 Å². The molecule has 3 aromatic heterocycles. The number of ether oxygens (including phenoxy) is 1. The van der Waals surface area contributed by atoms with Gasteiger partial charge in [-0.3, -0.25) is 9.20 Å². The second-order valence-electron chi connectivity index (χ2n) is 7.58. The lowest BCUT2D eigenvalue weighted by molar-refractivity contribution is 0.0694. The largest absolute Gasteiger partial charge is 0.477 e. The standard InChI is InChI=1S/C21H20N2O4S/c1-10-12(17-7-14-16(22)8-27-9-18(14)28-17)4-5-23-19(10)13(11-2-3-11)6-15(20(23)24)21(25)26/h4-7,11,16H,2-3,8-9,22H2,1H3,(H,25,26). The van der Waals surface area contributed by atoms with Crippen molar-refractivity contribution in [2.75, 3.05) is 6.61 Å². The third kappa shape index (κ3) is 2.62. The van der Waals surface area contributed by atoms with Crippen molar-refractivity contribution in [3.8, 4) is 10.4 Å². The van der Waals surface area contributed by atoms with E-state index in [1.165, 1.54) is 4.40 Å². The van der Waals surface area contributed by atoms with Gasteiger partial charge in [-0.15, -0.1) is 11.3 Å². The molecule has 28 heavy (non-hydrogen) atoms. The molecule has 1 atom stereocenters. The smallest absolute Gasteiger partial charge is 0.341 e. The van der Waals surface area contributed by atoms with Gasteiger partial charge in [0.1, 0.15) is 5.56 Å². The number of carbonyl (C=O) groups is 1. The van der Waals surface area contributed by atoms with E-state index in [1.54, 1.807) is 23.6 Å². The molecule has 0 saturated heterocycles. The van der Waals surface area contributed by atoms with Gasteiger partial charge in [-0.2, -0.15) is 0 Å². The summed E-state index contributed by atoms with van der Waals surface area (Å²) in [4.78, 5) is 26.5. The molecular weight excluding hydrogens is 376 g/mol. The minimum Gasteiger partial charge on any atom is -0.477 e. The van der Waals surface area contributed by atoms with E-state index in [1.807, 2.05) is 13.0 Å². The second-order valence-corrected chi connectivity index (χ2v) is 8.72. The van der Waals surface area contributed by atoms with Gasteiger partial charge in [-0.1, -0.05) is 0 Å². The predicted molar refractivity (Wildman–Crippen MR) is 107 cm³/mol. The quantitative estimate of drug-likeness (QED) is 0.707. The van der Waals surface area contributed by atoms with E-state index in [0.717, 1.165) is 50.4 Å². The highest BCUT2D eigenvalue weighted by Crippen LogP contribution is 2.44. The first-order valence-corrected chi connectivity index (χ1v) is 10.2. The lowest BCUT2D eigenvalue weighted by atomic mass is 9.99. The van der Waals surface area contributed by atoms with Crippen LogP contribution in [0.15, 0.2) is 29.2 Å². The van der Waals surface area contributed by atoms with Crippen LogP contribution in [-0.2, 0) is 11.3 Å². The lowest BCUT2D eigenvalue weighted by Crippen LogP contribution is -2.23. The summed E-state index contributed by atoms with van der Waals surface area (Å²) >= 11 is 1.67. The topological polar surface area (TPSA) is 94.0 Å². The van der Waals surface area contributed by atoms with Crippen molar-refractivity contribution in [1.82, 2.24) is 4.40 Å². The van der Waals surface area contributed by atoms with Gasteiger partial charge in [0, 0.05) is 16.0 Å². The maximum absolute atomic E-state index is 12.7. The van der Waals surface area contributed by atoms with Crippen LogP contribution in [0.3, 0.4) is 0 Å². The van der Waals surface area contributed by atoms with Gasteiger partial charge in [-0.05, 0) is 66.1 Å². The first-order valence-electron chi connectivity index (χ1n) is 9.34. The fourth-order valence-corrected chi connectivity index (χ4v) is 5.35. The number of nitrogens with zero attached hydrogens (tertiary/aromatic N) is 1. The molecule has 1 aliphatic heterocycles. The van der Waals surface area contributed by atoms with Crippen LogP contribution in [0.25, 0.3) is 16.0 Å². The molecule has 144 valence electrons. The predicted octanol–water partition coefficient (Wildman–Crippen LogP) is 3.44. The minimum absolute atomic E-state index is 0.114. The highest BCUT2D eigenvalue weighted by Gasteiger charge is 2.30. The third-order valence-corrected chi connectivity index (χ3v) is 6.86. The number of aryl methyl sites for hydroxylation is 1. The second kappa shape index (κ2) is 6.27. The molecule has 1 fully saturated rings. The summed E-state index contributed by atoms with van der Waals surface area (Å²) in [6, 6.07) is 5.50. The maximum atomic E-state index is 12.7. The van der Waals surface area contributed by atoms with Crippen molar-refractivity contribution < 1.29 is 14.6 Å². The number of hydrogen-bond donors (Lipinski definition) is 2. The summed E-state index contributed by atoms with van der Waals surface area (Å²) in [5.41, 5.74) is 10.5. The van der Waals surface area contributed by atoms with Crippen molar-refractivity contribution in [1.29, 1.82) is 0 Å². The first kappa shape index (κ1) is 17.6. The van der Waals surface area contributed by atoms with Crippen molar-refractivity contribution in [2.45, 2.75) is 38.3 Å². The summed E-state index contributed by atoms with van der Waals surface area (Å²) in [5, 5.41) is 9.44. The number of thiophene rings is 1. The van der Waals surface area contributed by atoms with Crippen LogP contribution in [0.4, 0.5) is 0 Å². The number of aromatic carboxylic acids is 1. The Morgan fingerprint density at radius 3 is 2.79 bits per heavy atom. The number of pyridine rings is 2. The average molecular weight is 396 g/mol. The van der Waals surface area contributed by atoms with Crippen LogP contribution in [0.1, 0.15) is 56.7 Å². The molecule has 3 N–H and O–H groups in total. The van der Waals surface area contributed by atoms with Crippen LogP contribution in [0, 0.1) is 6.92 Å². The van der Waals surface area contributed by atoms with Gasteiger partial charge < -0.3 is 15.6 Å². The summed E-state index contributed by atoms with van der Waals surface area (Å²) in [6.45, 7) is 3.11. The molecule has 7 heteroatoms. The molecular formula is C21H20N2O4S. The number of aromatic nitrogens is 1. The molecule has 2 aliphatic rings. The number of rotatable bonds is 3. The van der Waals surface area contributed by atoms with Gasteiger partial charge in [0.05, 0.1) is 24.8 Å². The number of carboxylic acid groups (broad SMARTS) is 1.